The molecule has 1 atom stereocenters. The summed E-state index contributed by atoms with van der Waals surface area (Å²) < 4.78 is 37.6. The van der Waals surface area contributed by atoms with Crippen molar-refractivity contribution in [2.45, 2.75) is 33.0 Å². The van der Waals surface area contributed by atoms with Gasteiger partial charge < -0.3 is 10.5 Å². The molecule has 4 aromatic rings. The summed E-state index contributed by atoms with van der Waals surface area (Å²) in [4.78, 5) is 55.0. The Bertz CT molecular complexity index is 1840. The van der Waals surface area contributed by atoms with Gasteiger partial charge >= 0.3 is 11.7 Å². The number of carbonyl (C=O) groups is 2. The second kappa shape index (κ2) is 11.6. The zero-order valence-corrected chi connectivity index (χ0v) is 24.1. The minimum absolute atomic E-state index is 0.0469. The number of thiophene rings is 1. The predicted molar refractivity (Wildman–Crippen MR) is 148 cm³/mol. The Hall–Kier alpha value is -3.46. The second-order valence-electron chi connectivity index (χ2n) is 9.25. The van der Waals surface area contributed by atoms with Crippen molar-refractivity contribution in [3.8, 4) is 11.3 Å². The lowest BCUT2D eigenvalue weighted by Gasteiger charge is -2.16. The van der Waals surface area contributed by atoms with E-state index in [-0.39, 0.29) is 33.8 Å². The third-order valence-electron chi connectivity index (χ3n) is 6.24. The number of rotatable bonds is 7. The number of halogens is 3. The number of hydrogen-bond donors (Lipinski definition) is 1. The minimum Gasteiger partial charge on any atom is -0.443 e. The van der Waals surface area contributed by atoms with Gasteiger partial charge in [0.15, 0.2) is 17.3 Å². The van der Waals surface area contributed by atoms with Crippen LogP contribution < -0.4 is 21.8 Å². The average molecular weight is 612 g/mol. The van der Waals surface area contributed by atoms with E-state index < -0.39 is 52.6 Å². The standard InChI is InChI=1S/C25H24ClF2N5O5S2/c1-11(2)20(29)23(36)38-10-33-15(13-5-6-14(27)18(26)19(13)28)9-40-24(33)30-16(34)7-12-8-39-22-17(12)21(35)31(3)25(37)32(22)4/h5-6,8-9,11,20H,7,10,29H2,1-4H3/t20-/m0/s1. The third-order valence-corrected chi connectivity index (χ3v) is 8.56. The Balaban J connectivity index is 1.76. The van der Waals surface area contributed by atoms with E-state index in [1.165, 1.54) is 34.7 Å². The summed E-state index contributed by atoms with van der Waals surface area (Å²) in [5.74, 6) is -3.58. The van der Waals surface area contributed by atoms with Crippen LogP contribution in [0, 0.1) is 17.6 Å². The Morgan fingerprint density at radius 1 is 1.12 bits per heavy atom. The molecule has 2 N–H and O–H groups in total. The van der Waals surface area contributed by atoms with Gasteiger partial charge in [-0.2, -0.15) is 4.99 Å². The number of nitrogens with two attached hydrogens (primary N) is 1. The molecule has 0 aliphatic rings. The fourth-order valence-corrected chi connectivity index (χ4v) is 5.94. The lowest BCUT2D eigenvalue weighted by atomic mass is 10.1. The van der Waals surface area contributed by atoms with Crippen molar-refractivity contribution in [2.75, 3.05) is 0 Å². The van der Waals surface area contributed by atoms with Gasteiger partial charge in [-0.25, -0.2) is 13.6 Å². The normalized spacial score (nSPS) is 12.9. The van der Waals surface area contributed by atoms with E-state index >= 15 is 0 Å². The van der Waals surface area contributed by atoms with Crippen LogP contribution in [0.1, 0.15) is 19.4 Å². The number of hydrogen-bond acceptors (Lipinski definition) is 8. The van der Waals surface area contributed by atoms with Gasteiger partial charge in [-0.05, 0) is 29.0 Å². The van der Waals surface area contributed by atoms with Crippen LogP contribution in [0.4, 0.5) is 8.78 Å². The summed E-state index contributed by atoms with van der Waals surface area (Å²) >= 11 is 7.87. The van der Waals surface area contributed by atoms with Gasteiger partial charge in [-0.15, -0.1) is 22.7 Å². The zero-order valence-electron chi connectivity index (χ0n) is 21.7. The largest absolute Gasteiger partial charge is 0.443 e. The van der Waals surface area contributed by atoms with Gasteiger partial charge in [0.2, 0.25) is 0 Å². The first kappa shape index (κ1) is 29.5. The average Bonchev–Trinajstić information content (AvgIpc) is 3.51. The summed E-state index contributed by atoms with van der Waals surface area (Å²) in [6, 6.07) is 1.23. The SMILES string of the molecule is CC(C)[C@H](N)C(=O)OCn1c(-c2ccc(F)c(Cl)c2F)csc1=NC(=O)Cc1csc2c1c(=O)n(C)c(=O)n2C. The summed E-state index contributed by atoms with van der Waals surface area (Å²) in [5, 5.41) is 2.58. The maximum Gasteiger partial charge on any atom is 0.331 e. The highest BCUT2D eigenvalue weighted by molar-refractivity contribution is 7.17. The fourth-order valence-electron chi connectivity index (χ4n) is 3.84. The molecule has 0 radical (unpaired) electrons. The summed E-state index contributed by atoms with van der Waals surface area (Å²) in [6.45, 7) is 3.01. The molecule has 3 aromatic heterocycles. The molecule has 15 heteroatoms. The van der Waals surface area contributed by atoms with Crippen LogP contribution >= 0.6 is 34.3 Å². The fraction of sp³-hybridized carbons (Fsp3) is 0.320. The van der Waals surface area contributed by atoms with E-state index in [1.807, 2.05) is 0 Å². The van der Waals surface area contributed by atoms with Crippen molar-refractivity contribution in [3.63, 3.8) is 0 Å². The van der Waals surface area contributed by atoms with Crippen LogP contribution in [0.5, 0.6) is 0 Å². The van der Waals surface area contributed by atoms with E-state index in [1.54, 1.807) is 19.2 Å². The van der Waals surface area contributed by atoms with Gasteiger partial charge in [-0.3, -0.25) is 28.1 Å². The van der Waals surface area contributed by atoms with Crippen molar-refractivity contribution in [1.29, 1.82) is 0 Å². The highest BCUT2D eigenvalue weighted by atomic mass is 35.5. The molecule has 0 unspecified atom stereocenters. The first-order chi connectivity index (χ1) is 18.8. The number of aromatic nitrogens is 3. The molecule has 3 heterocycles. The predicted octanol–water partition coefficient (Wildman–Crippen LogP) is 2.91. The van der Waals surface area contributed by atoms with E-state index in [2.05, 4.69) is 4.99 Å². The van der Waals surface area contributed by atoms with Crippen LogP contribution in [0.25, 0.3) is 21.5 Å². The molecule has 0 saturated carbocycles. The molecule has 10 nitrogen and oxygen atoms in total. The van der Waals surface area contributed by atoms with Gasteiger partial charge in [0.1, 0.15) is 21.7 Å². The smallest absolute Gasteiger partial charge is 0.331 e. The van der Waals surface area contributed by atoms with E-state index in [0.29, 0.717) is 10.4 Å². The van der Waals surface area contributed by atoms with Crippen LogP contribution in [-0.2, 0) is 41.6 Å². The van der Waals surface area contributed by atoms with Crippen molar-refractivity contribution < 1.29 is 23.1 Å². The maximum atomic E-state index is 14.9. The summed E-state index contributed by atoms with van der Waals surface area (Å²) in [7, 11) is 2.88. The van der Waals surface area contributed by atoms with Crippen molar-refractivity contribution in [3.05, 3.63) is 70.8 Å². The van der Waals surface area contributed by atoms with Gasteiger partial charge in [0.05, 0.1) is 17.5 Å². The van der Waals surface area contributed by atoms with Gasteiger partial charge in [-0.1, -0.05) is 25.4 Å². The molecule has 212 valence electrons. The number of aryl methyl sites for hydroxylation is 1. The van der Waals surface area contributed by atoms with Crippen molar-refractivity contribution in [2.24, 2.45) is 30.7 Å². The Morgan fingerprint density at radius 3 is 2.50 bits per heavy atom. The number of thiazole rings is 1. The highest BCUT2D eigenvalue weighted by Gasteiger charge is 2.22. The first-order valence-corrected chi connectivity index (χ1v) is 13.9. The quantitative estimate of drug-likeness (QED) is 0.253. The number of amides is 1. The molecule has 0 aliphatic carbocycles. The molecule has 0 saturated heterocycles. The molecule has 0 bridgehead atoms. The molecule has 1 aromatic carbocycles. The number of benzene rings is 1. The molecule has 40 heavy (non-hydrogen) atoms. The molecule has 0 fully saturated rings. The van der Waals surface area contributed by atoms with Crippen LogP contribution in [0.15, 0.2) is 37.5 Å². The third kappa shape index (κ3) is 5.44. The Labute approximate surface area is 238 Å². The van der Waals surface area contributed by atoms with E-state index in [0.717, 1.165) is 33.3 Å². The lowest BCUT2D eigenvalue weighted by Crippen LogP contribution is -2.37. The summed E-state index contributed by atoms with van der Waals surface area (Å²) in [5.41, 5.74) is 5.26. The topological polar surface area (TPSA) is 131 Å². The molecular weight excluding hydrogens is 588 g/mol. The summed E-state index contributed by atoms with van der Waals surface area (Å²) in [6.07, 6.45) is -0.268. The maximum absolute atomic E-state index is 14.9. The first-order valence-electron chi connectivity index (χ1n) is 11.8. The van der Waals surface area contributed by atoms with Crippen molar-refractivity contribution >= 4 is 56.4 Å². The Morgan fingerprint density at radius 2 is 1.82 bits per heavy atom. The number of fused-ring (bicyclic) bond motifs is 1. The number of ether oxygens (including phenoxy) is 1. The van der Waals surface area contributed by atoms with E-state index in [9.17, 15) is 28.0 Å². The highest BCUT2D eigenvalue weighted by Crippen LogP contribution is 2.30. The van der Waals surface area contributed by atoms with Crippen LogP contribution in [0.3, 0.4) is 0 Å². The second-order valence-corrected chi connectivity index (χ2v) is 11.3. The zero-order chi connectivity index (χ0) is 29.5. The molecule has 1 amide bonds. The van der Waals surface area contributed by atoms with E-state index in [4.69, 9.17) is 22.1 Å². The monoisotopic (exact) mass is 611 g/mol. The van der Waals surface area contributed by atoms with Gasteiger partial charge in [0.25, 0.3) is 11.5 Å². The van der Waals surface area contributed by atoms with Crippen LogP contribution in [0.2, 0.25) is 5.02 Å². The van der Waals surface area contributed by atoms with Crippen LogP contribution in [-0.4, -0.2) is 31.6 Å². The molecular formula is C25H24ClF2N5O5S2. The molecule has 0 spiro atoms. The minimum atomic E-state index is -1.04. The number of nitrogens with zero attached hydrogens (tertiary/aromatic N) is 4. The molecule has 4 rings (SSSR count). The number of esters is 1. The van der Waals surface area contributed by atoms with Gasteiger partial charge in [0, 0.05) is 25.0 Å². The Kier molecular flexibility index (Phi) is 8.54. The number of carbonyl (C=O) groups excluding carboxylic acids is 2. The van der Waals surface area contributed by atoms with Crippen molar-refractivity contribution in [1.82, 2.24) is 13.7 Å². The molecule has 0 aliphatic heterocycles. The lowest BCUT2D eigenvalue weighted by molar-refractivity contribution is -0.150.